The summed E-state index contributed by atoms with van der Waals surface area (Å²) in [6.45, 7) is 3.42. The van der Waals surface area contributed by atoms with Crippen LogP contribution in [0.4, 0.5) is 0 Å². The Kier molecular flexibility index (Phi) is 6.19. The van der Waals surface area contributed by atoms with Gasteiger partial charge in [0.2, 0.25) is 0 Å². The van der Waals surface area contributed by atoms with Crippen LogP contribution in [0.2, 0.25) is 5.02 Å². The van der Waals surface area contributed by atoms with Gasteiger partial charge in [0.05, 0.1) is 0 Å². The summed E-state index contributed by atoms with van der Waals surface area (Å²) in [4.78, 5) is 0. The van der Waals surface area contributed by atoms with E-state index in [4.69, 9.17) is 11.6 Å². The highest BCUT2D eigenvalue weighted by atomic mass is 35.5. The van der Waals surface area contributed by atoms with Crippen molar-refractivity contribution in [2.75, 3.05) is 6.54 Å². The largest absolute Gasteiger partial charge is 0.314 e. The van der Waals surface area contributed by atoms with Crippen molar-refractivity contribution < 1.29 is 0 Å². The van der Waals surface area contributed by atoms with Crippen LogP contribution in [0.25, 0.3) is 0 Å². The Bertz CT molecular complexity index is 371. The first-order chi connectivity index (χ1) is 9.24. The molecule has 0 amide bonds. The first-order valence-corrected chi connectivity index (χ1v) is 8.09. The number of rotatable bonds is 6. The van der Waals surface area contributed by atoms with Crippen molar-refractivity contribution in [3.63, 3.8) is 0 Å². The van der Waals surface area contributed by atoms with Crippen LogP contribution < -0.4 is 5.32 Å². The van der Waals surface area contributed by atoms with Crippen LogP contribution in [0.15, 0.2) is 24.3 Å². The van der Waals surface area contributed by atoms with E-state index in [-0.39, 0.29) is 0 Å². The van der Waals surface area contributed by atoms with E-state index in [1.54, 1.807) is 0 Å². The van der Waals surface area contributed by atoms with Crippen LogP contribution in [0.5, 0.6) is 0 Å². The number of hydrogen-bond donors (Lipinski definition) is 1. The summed E-state index contributed by atoms with van der Waals surface area (Å²) in [6, 6.07) is 8.73. The van der Waals surface area contributed by atoms with Gasteiger partial charge in [-0.15, -0.1) is 0 Å². The average Bonchev–Trinajstić information content (AvgIpc) is 2.40. The SMILES string of the molecule is CC(Cc1cccc(Cl)c1)NCCC1CCCCC1. The number of nitrogens with one attached hydrogen (secondary N) is 1. The Morgan fingerprint density at radius 2 is 2.05 bits per heavy atom. The fourth-order valence-electron chi connectivity index (χ4n) is 3.10. The zero-order valence-corrected chi connectivity index (χ0v) is 12.8. The Morgan fingerprint density at radius 3 is 2.79 bits per heavy atom. The zero-order chi connectivity index (χ0) is 13.5. The highest BCUT2D eigenvalue weighted by molar-refractivity contribution is 6.30. The van der Waals surface area contributed by atoms with Crippen molar-refractivity contribution in [1.82, 2.24) is 5.32 Å². The monoisotopic (exact) mass is 279 g/mol. The van der Waals surface area contributed by atoms with E-state index in [0.717, 1.165) is 23.9 Å². The topological polar surface area (TPSA) is 12.0 Å². The van der Waals surface area contributed by atoms with Crippen LogP contribution in [0.3, 0.4) is 0 Å². The lowest BCUT2D eigenvalue weighted by atomic mass is 9.87. The molecule has 1 aromatic rings. The summed E-state index contributed by atoms with van der Waals surface area (Å²) >= 11 is 6.01. The maximum absolute atomic E-state index is 6.01. The average molecular weight is 280 g/mol. The van der Waals surface area contributed by atoms with E-state index in [1.165, 1.54) is 44.1 Å². The van der Waals surface area contributed by atoms with Crippen molar-refractivity contribution in [3.05, 3.63) is 34.9 Å². The van der Waals surface area contributed by atoms with Gasteiger partial charge in [-0.1, -0.05) is 55.8 Å². The van der Waals surface area contributed by atoms with Gasteiger partial charge < -0.3 is 5.32 Å². The normalized spacial score (nSPS) is 18.4. The first-order valence-electron chi connectivity index (χ1n) is 7.72. The highest BCUT2D eigenvalue weighted by Crippen LogP contribution is 2.25. The molecule has 0 bridgehead atoms. The first kappa shape index (κ1) is 14.9. The molecule has 0 aromatic heterocycles. The van der Waals surface area contributed by atoms with Gasteiger partial charge in [-0.2, -0.15) is 0 Å². The van der Waals surface area contributed by atoms with Gasteiger partial charge >= 0.3 is 0 Å². The lowest BCUT2D eigenvalue weighted by molar-refractivity contribution is 0.329. The predicted molar refractivity (Wildman–Crippen MR) is 83.8 cm³/mol. The number of halogens is 1. The minimum absolute atomic E-state index is 0.530. The van der Waals surface area contributed by atoms with E-state index in [0.29, 0.717) is 6.04 Å². The summed E-state index contributed by atoms with van der Waals surface area (Å²) in [5, 5.41) is 4.49. The van der Waals surface area contributed by atoms with Crippen LogP contribution in [-0.2, 0) is 6.42 Å². The second kappa shape index (κ2) is 7.91. The highest BCUT2D eigenvalue weighted by Gasteiger charge is 2.13. The van der Waals surface area contributed by atoms with Crippen molar-refractivity contribution in [2.24, 2.45) is 5.92 Å². The fraction of sp³-hybridized carbons (Fsp3) is 0.647. The van der Waals surface area contributed by atoms with Gasteiger partial charge in [-0.05, 0) is 49.9 Å². The van der Waals surface area contributed by atoms with Crippen molar-refractivity contribution >= 4 is 11.6 Å². The minimum atomic E-state index is 0.530. The maximum Gasteiger partial charge on any atom is 0.0408 e. The molecule has 1 unspecified atom stereocenters. The summed E-state index contributed by atoms with van der Waals surface area (Å²) in [5.41, 5.74) is 1.32. The van der Waals surface area contributed by atoms with E-state index in [9.17, 15) is 0 Å². The van der Waals surface area contributed by atoms with Crippen LogP contribution in [0.1, 0.15) is 51.0 Å². The lowest BCUT2D eigenvalue weighted by Crippen LogP contribution is -2.30. The third-order valence-electron chi connectivity index (χ3n) is 4.20. The molecule has 0 radical (unpaired) electrons. The lowest BCUT2D eigenvalue weighted by Gasteiger charge is -2.22. The molecule has 2 rings (SSSR count). The molecule has 1 saturated carbocycles. The van der Waals surface area contributed by atoms with Crippen LogP contribution in [-0.4, -0.2) is 12.6 Å². The molecular formula is C17H26ClN. The van der Waals surface area contributed by atoms with Gasteiger partial charge in [0.25, 0.3) is 0 Å². The van der Waals surface area contributed by atoms with E-state index < -0.39 is 0 Å². The van der Waals surface area contributed by atoms with E-state index in [1.807, 2.05) is 12.1 Å². The molecule has 1 aliphatic carbocycles. The number of benzene rings is 1. The quantitative estimate of drug-likeness (QED) is 0.786. The minimum Gasteiger partial charge on any atom is -0.314 e. The third kappa shape index (κ3) is 5.54. The molecule has 2 heteroatoms. The molecule has 1 nitrogen and oxygen atoms in total. The zero-order valence-electron chi connectivity index (χ0n) is 12.0. The van der Waals surface area contributed by atoms with Gasteiger partial charge in [-0.25, -0.2) is 0 Å². The summed E-state index contributed by atoms with van der Waals surface area (Å²) in [5.74, 6) is 0.972. The van der Waals surface area contributed by atoms with Crippen molar-refractivity contribution in [3.8, 4) is 0 Å². The van der Waals surface area contributed by atoms with Crippen LogP contribution >= 0.6 is 11.6 Å². The third-order valence-corrected chi connectivity index (χ3v) is 4.44. The van der Waals surface area contributed by atoms with Crippen LogP contribution in [0, 0.1) is 5.92 Å². The summed E-state index contributed by atoms with van der Waals surface area (Å²) in [6.07, 6.45) is 9.65. The molecule has 1 aromatic carbocycles. The Balaban J connectivity index is 1.65. The molecule has 0 spiro atoms. The second-order valence-electron chi connectivity index (χ2n) is 5.98. The maximum atomic E-state index is 6.01. The van der Waals surface area contributed by atoms with E-state index in [2.05, 4.69) is 24.4 Å². The van der Waals surface area contributed by atoms with Crippen molar-refractivity contribution in [1.29, 1.82) is 0 Å². The smallest absolute Gasteiger partial charge is 0.0408 e. The van der Waals surface area contributed by atoms with Gasteiger partial charge in [0.1, 0.15) is 0 Å². The summed E-state index contributed by atoms with van der Waals surface area (Å²) < 4.78 is 0. The fourth-order valence-corrected chi connectivity index (χ4v) is 3.31. The standard InChI is InChI=1S/C17H26ClN/c1-14(12-16-8-5-9-17(18)13-16)19-11-10-15-6-3-2-4-7-15/h5,8-9,13-15,19H,2-4,6-7,10-12H2,1H3. The molecular weight excluding hydrogens is 254 g/mol. The molecule has 0 saturated heterocycles. The summed E-state index contributed by atoms with van der Waals surface area (Å²) in [7, 11) is 0. The van der Waals surface area contributed by atoms with Gasteiger partial charge in [0, 0.05) is 11.1 Å². The Labute approximate surface area is 122 Å². The molecule has 1 fully saturated rings. The molecule has 106 valence electrons. The second-order valence-corrected chi connectivity index (χ2v) is 6.42. The molecule has 0 heterocycles. The van der Waals surface area contributed by atoms with Gasteiger partial charge in [-0.3, -0.25) is 0 Å². The molecule has 1 N–H and O–H groups in total. The molecule has 0 aliphatic heterocycles. The number of hydrogen-bond acceptors (Lipinski definition) is 1. The molecule has 1 aliphatic rings. The Hall–Kier alpha value is -0.530. The Morgan fingerprint density at radius 1 is 1.26 bits per heavy atom. The predicted octanol–water partition coefficient (Wildman–Crippen LogP) is 4.83. The molecule has 19 heavy (non-hydrogen) atoms. The van der Waals surface area contributed by atoms with E-state index >= 15 is 0 Å². The van der Waals surface area contributed by atoms with Gasteiger partial charge in [0.15, 0.2) is 0 Å². The van der Waals surface area contributed by atoms with Crippen molar-refractivity contribution in [2.45, 2.75) is 57.9 Å². The molecule has 1 atom stereocenters.